The van der Waals surface area contributed by atoms with Gasteiger partial charge in [-0.1, -0.05) is 43.2 Å². The number of rotatable bonds is 9. The first kappa shape index (κ1) is 19.8. The first-order valence-corrected chi connectivity index (χ1v) is 9.23. The minimum Gasteiger partial charge on any atom is -0.492 e. The van der Waals surface area contributed by atoms with Gasteiger partial charge in [-0.25, -0.2) is 0 Å². The van der Waals surface area contributed by atoms with Crippen molar-refractivity contribution in [1.82, 2.24) is 5.32 Å². The normalized spacial score (nSPS) is 11.7. The molecule has 1 atom stereocenters. The highest BCUT2D eigenvalue weighted by atomic mass is 16.5. The van der Waals surface area contributed by atoms with Gasteiger partial charge in [0.2, 0.25) is 0 Å². The molecule has 0 aromatic heterocycles. The molecule has 26 heavy (non-hydrogen) atoms. The van der Waals surface area contributed by atoms with Crippen molar-refractivity contribution in [1.29, 1.82) is 0 Å². The molecular weight excluding hydrogens is 326 g/mol. The maximum Gasteiger partial charge on any atom is 0.260 e. The third-order valence-corrected chi connectivity index (χ3v) is 4.14. The summed E-state index contributed by atoms with van der Waals surface area (Å²) in [6.45, 7) is 8.79. The van der Waals surface area contributed by atoms with Gasteiger partial charge in [0.25, 0.3) is 5.91 Å². The fourth-order valence-corrected chi connectivity index (χ4v) is 2.70. The van der Waals surface area contributed by atoms with Gasteiger partial charge in [0.15, 0.2) is 6.10 Å². The van der Waals surface area contributed by atoms with E-state index in [1.54, 1.807) is 6.92 Å². The second-order valence-corrected chi connectivity index (χ2v) is 6.56. The lowest BCUT2D eigenvalue weighted by atomic mass is 10.1. The van der Waals surface area contributed by atoms with Gasteiger partial charge < -0.3 is 14.8 Å². The summed E-state index contributed by atoms with van der Waals surface area (Å²) in [5, 5.41) is 2.85. The minimum absolute atomic E-state index is 0.146. The maximum absolute atomic E-state index is 12.2. The predicted molar refractivity (Wildman–Crippen MR) is 105 cm³/mol. The van der Waals surface area contributed by atoms with E-state index >= 15 is 0 Å². The van der Waals surface area contributed by atoms with Crippen molar-refractivity contribution in [3.05, 3.63) is 59.2 Å². The lowest BCUT2D eigenvalue weighted by Crippen LogP contribution is -2.38. The topological polar surface area (TPSA) is 47.6 Å². The summed E-state index contributed by atoms with van der Waals surface area (Å²) >= 11 is 0. The largest absolute Gasteiger partial charge is 0.492 e. The number of hydrogen-bond donors (Lipinski definition) is 1. The SMILES string of the molecule is CCCc1ccc(OCCNC(=O)[C@@H](C)Oc2ccc(C)cc2C)cc1. The zero-order chi connectivity index (χ0) is 18.9. The van der Waals surface area contributed by atoms with Crippen LogP contribution in [0.1, 0.15) is 37.0 Å². The van der Waals surface area contributed by atoms with Crippen LogP contribution >= 0.6 is 0 Å². The monoisotopic (exact) mass is 355 g/mol. The van der Waals surface area contributed by atoms with Gasteiger partial charge in [-0.15, -0.1) is 0 Å². The summed E-state index contributed by atoms with van der Waals surface area (Å²) in [7, 11) is 0. The van der Waals surface area contributed by atoms with Gasteiger partial charge in [-0.3, -0.25) is 4.79 Å². The third-order valence-electron chi connectivity index (χ3n) is 4.14. The van der Waals surface area contributed by atoms with Crippen LogP contribution in [0.2, 0.25) is 0 Å². The van der Waals surface area contributed by atoms with E-state index in [1.165, 1.54) is 11.1 Å². The Morgan fingerprint density at radius 1 is 1.12 bits per heavy atom. The van der Waals surface area contributed by atoms with Crippen molar-refractivity contribution in [3.63, 3.8) is 0 Å². The highest BCUT2D eigenvalue weighted by molar-refractivity contribution is 5.80. The zero-order valence-electron chi connectivity index (χ0n) is 16.2. The molecule has 4 heteroatoms. The quantitative estimate of drug-likeness (QED) is 0.685. The number of carbonyl (C=O) groups is 1. The van der Waals surface area contributed by atoms with Crippen molar-refractivity contribution in [3.8, 4) is 11.5 Å². The average molecular weight is 355 g/mol. The fourth-order valence-electron chi connectivity index (χ4n) is 2.70. The Balaban J connectivity index is 1.72. The summed E-state index contributed by atoms with van der Waals surface area (Å²) in [5.74, 6) is 1.41. The number of hydrogen-bond acceptors (Lipinski definition) is 3. The third kappa shape index (κ3) is 6.10. The van der Waals surface area contributed by atoms with Crippen LogP contribution in [0.25, 0.3) is 0 Å². The number of nitrogens with one attached hydrogen (secondary N) is 1. The number of aryl methyl sites for hydroxylation is 3. The Morgan fingerprint density at radius 2 is 1.85 bits per heavy atom. The Morgan fingerprint density at radius 3 is 2.50 bits per heavy atom. The highest BCUT2D eigenvalue weighted by Crippen LogP contribution is 2.20. The van der Waals surface area contributed by atoms with Crippen molar-refractivity contribution >= 4 is 5.91 Å². The van der Waals surface area contributed by atoms with Crippen LogP contribution in [0.4, 0.5) is 0 Å². The molecule has 2 aromatic carbocycles. The molecule has 1 amide bonds. The van der Waals surface area contributed by atoms with Gasteiger partial charge in [-0.05, 0) is 56.5 Å². The molecule has 0 radical (unpaired) electrons. The summed E-state index contributed by atoms with van der Waals surface area (Å²) in [6.07, 6.45) is 1.66. The molecule has 0 fully saturated rings. The first-order valence-electron chi connectivity index (χ1n) is 9.23. The predicted octanol–water partition coefficient (Wildman–Crippen LogP) is 4.22. The van der Waals surface area contributed by atoms with Crippen LogP contribution in [-0.4, -0.2) is 25.2 Å². The smallest absolute Gasteiger partial charge is 0.260 e. The molecule has 4 nitrogen and oxygen atoms in total. The van der Waals surface area contributed by atoms with Crippen LogP contribution < -0.4 is 14.8 Å². The van der Waals surface area contributed by atoms with Crippen molar-refractivity contribution in [2.75, 3.05) is 13.2 Å². The standard InChI is InChI=1S/C22H29NO3/c1-5-6-19-8-10-20(11-9-19)25-14-13-23-22(24)18(4)26-21-12-7-16(2)15-17(21)3/h7-12,15,18H,5-6,13-14H2,1-4H3,(H,23,24)/t18-/m1/s1. The Labute approximate surface area is 156 Å². The van der Waals surface area contributed by atoms with Crippen LogP contribution in [0.5, 0.6) is 11.5 Å². The molecule has 0 bridgehead atoms. The fraction of sp³-hybridized carbons (Fsp3) is 0.409. The molecule has 1 N–H and O–H groups in total. The Bertz CT molecular complexity index is 710. The molecule has 0 spiro atoms. The maximum atomic E-state index is 12.2. The second-order valence-electron chi connectivity index (χ2n) is 6.56. The zero-order valence-corrected chi connectivity index (χ0v) is 16.2. The second kappa shape index (κ2) is 9.85. The van der Waals surface area contributed by atoms with E-state index in [0.717, 1.165) is 29.9 Å². The van der Waals surface area contributed by atoms with E-state index in [2.05, 4.69) is 24.4 Å². The van der Waals surface area contributed by atoms with Gasteiger partial charge >= 0.3 is 0 Å². The minimum atomic E-state index is -0.551. The Kier molecular flexibility index (Phi) is 7.52. The van der Waals surface area contributed by atoms with E-state index in [0.29, 0.717) is 13.2 Å². The first-order chi connectivity index (χ1) is 12.5. The number of ether oxygens (including phenoxy) is 2. The molecule has 0 saturated carbocycles. The lowest BCUT2D eigenvalue weighted by Gasteiger charge is -2.16. The lowest BCUT2D eigenvalue weighted by molar-refractivity contribution is -0.127. The Hall–Kier alpha value is -2.49. The highest BCUT2D eigenvalue weighted by Gasteiger charge is 2.15. The molecule has 0 saturated heterocycles. The molecule has 2 rings (SSSR count). The number of benzene rings is 2. The van der Waals surface area contributed by atoms with Crippen molar-refractivity contribution in [2.45, 2.75) is 46.6 Å². The molecule has 0 aliphatic carbocycles. The molecule has 0 aliphatic heterocycles. The summed E-state index contributed by atoms with van der Waals surface area (Å²) in [6, 6.07) is 14.0. The summed E-state index contributed by atoms with van der Waals surface area (Å²) in [5.41, 5.74) is 3.51. The van der Waals surface area contributed by atoms with Gasteiger partial charge in [0, 0.05) is 0 Å². The van der Waals surface area contributed by atoms with E-state index in [9.17, 15) is 4.79 Å². The molecule has 0 heterocycles. The molecule has 0 unspecified atom stereocenters. The van der Waals surface area contributed by atoms with Crippen LogP contribution in [0.15, 0.2) is 42.5 Å². The molecule has 140 valence electrons. The van der Waals surface area contributed by atoms with Crippen molar-refractivity contribution in [2.24, 2.45) is 0 Å². The van der Waals surface area contributed by atoms with Gasteiger partial charge in [0.1, 0.15) is 18.1 Å². The molecular formula is C22H29NO3. The average Bonchev–Trinajstić information content (AvgIpc) is 2.62. The van der Waals surface area contributed by atoms with Gasteiger partial charge in [0.05, 0.1) is 6.54 Å². The van der Waals surface area contributed by atoms with Crippen molar-refractivity contribution < 1.29 is 14.3 Å². The van der Waals surface area contributed by atoms with Crippen LogP contribution in [0, 0.1) is 13.8 Å². The number of amides is 1. The number of carbonyl (C=O) groups excluding carboxylic acids is 1. The van der Waals surface area contributed by atoms with Gasteiger partial charge in [-0.2, -0.15) is 0 Å². The van der Waals surface area contributed by atoms with E-state index in [-0.39, 0.29) is 5.91 Å². The van der Waals surface area contributed by atoms with E-state index in [1.807, 2.05) is 44.2 Å². The molecule has 0 aliphatic rings. The van der Waals surface area contributed by atoms with Crippen LogP contribution in [0.3, 0.4) is 0 Å². The van der Waals surface area contributed by atoms with E-state index < -0.39 is 6.10 Å². The summed E-state index contributed by atoms with van der Waals surface area (Å²) in [4.78, 5) is 12.2. The molecule has 2 aromatic rings. The summed E-state index contributed by atoms with van der Waals surface area (Å²) < 4.78 is 11.4. The van der Waals surface area contributed by atoms with E-state index in [4.69, 9.17) is 9.47 Å². The van der Waals surface area contributed by atoms with Crippen LogP contribution in [-0.2, 0) is 11.2 Å².